The minimum absolute atomic E-state index is 0.644. The predicted molar refractivity (Wildman–Crippen MR) is 69.8 cm³/mol. The Kier molecular flexibility index (Phi) is 4.99. The van der Waals surface area contributed by atoms with E-state index in [-0.39, 0.29) is 0 Å². The molecule has 0 fully saturated rings. The predicted octanol–water partition coefficient (Wildman–Crippen LogP) is 2.80. The number of nitrogens with zero attached hydrogens (tertiary/aromatic N) is 1. The molecule has 1 aromatic carbocycles. The molecule has 0 aliphatic heterocycles. The topological polar surface area (TPSA) is 15.3 Å². The maximum Gasteiger partial charge on any atom is 0.0676 e. The third-order valence-electron chi connectivity index (χ3n) is 2.04. The quantitative estimate of drug-likeness (QED) is 0.611. The third-order valence-corrected chi connectivity index (χ3v) is 3.06. The summed E-state index contributed by atoms with van der Waals surface area (Å²) in [7, 11) is 4.04. The third kappa shape index (κ3) is 4.14. The van der Waals surface area contributed by atoms with Gasteiger partial charge in [0, 0.05) is 22.9 Å². The zero-order valence-electron chi connectivity index (χ0n) is 9.95. The molecule has 15 heavy (non-hydrogen) atoms. The van der Waals surface area contributed by atoms with E-state index in [1.165, 1.54) is 10.6 Å². The van der Waals surface area contributed by atoms with Gasteiger partial charge in [-0.05, 0) is 31.3 Å². The first-order chi connectivity index (χ1) is 7.13. The maximum atomic E-state index is 3.13. The summed E-state index contributed by atoms with van der Waals surface area (Å²) in [5, 5.41) is 3.78. The van der Waals surface area contributed by atoms with Crippen LogP contribution in [0.4, 0.5) is 5.69 Å². The molecule has 0 radical (unpaired) electrons. The fourth-order valence-corrected chi connectivity index (χ4v) is 2.22. The highest BCUT2D eigenvalue weighted by atomic mass is 32.2. The number of benzene rings is 1. The van der Waals surface area contributed by atoms with Crippen molar-refractivity contribution < 1.29 is 0 Å². The fraction of sp³-hybridized carbons (Fsp3) is 0.500. The van der Waals surface area contributed by atoms with Crippen molar-refractivity contribution in [3.05, 3.63) is 24.3 Å². The lowest BCUT2D eigenvalue weighted by atomic mass is 10.3. The van der Waals surface area contributed by atoms with Crippen LogP contribution in [0.1, 0.15) is 13.8 Å². The van der Waals surface area contributed by atoms with Gasteiger partial charge in [0.2, 0.25) is 0 Å². The van der Waals surface area contributed by atoms with E-state index in [0.717, 1.165) is 6.67 Å². The summed E-state index contributed by atoms with van der Waals surface area (Å²) in [6.07, 6.45) is 0. The van der Waals surface area contributed by atoms with Gasteiger partial charge >= 0.3 is 0 Å². The van der Waals surface area contributed by atoms with Crippen molar-refractivity contribution in [2.24, 2.45) is 0 Å². The lowest BCUT2D eigenvalue weighted by Crippen LogP contribution is -2.28. The number of hydrogen-bond acceptors (Lipinski definition) is 3. The molecule has 0 saturated heterocycles. The van der Waals surface area contributed by atoms with E-state index < -0.39 is 0 Å². The first kappa shape index (κ1) is 12.4. The first-order valence-corrected chi connectivity index (χ1v) is 6.14. The lowest BCUT2D eigenvalue weighted by Gasteiger charge is -2.18. The zero-order valence-corrected chi connectivity index (χ0v) is 10.8. The molecule has 0 amide bonds. The molecule has 0 unspecified atom stereocenters. The van der Waals surface area contributed by atoms with Crippen LogP contribution < -0.4 is 10.2 Å². The minimum Gasteiger partial charge on any atom is -0.362 e. The second-order valence-corrected chi connectivity index (χ2v) is 5.52. The molecule has 0 aliphatic carbocycles. The molecule has 1 rings (SSSR count). The van der Waals surface area contributed by atoms with E-state index >= 15 is 0 Å². The van der Waals surface area contributed by atoms with Crippen LogP contribution in [-0.4, -0.2) is 26.0 Å². The second-order valence-electron chi connectivity index (χ2n) is 3.87. The summed E-state index contributed by atoms with van der Waals surface area (Å²) >= 11 is 1.90. The van der Waals surface area contributed by atoms with Gasteiger partial charge in [-0.15, -0.1) is 11.8 Å². The van der Waals surface area contributed by atoms with E-state index in [1.54, 1.807) is 0 Å². The van der Waals surface area contributed by atoms with Gasteiger partial charge in [0.25, 0.3) is 0 Å². The van der Waals surface area contributed by atoms with Crippen molar-refractivity contribution in [3.8, 4) is 0 Å². The number of anilines is 1. The normalized spacial score (nSPS) is 10.7. The molecule has 0 atom stereocenters. The van der Waals surface area contributed by atoms with Crippen molar-refractivity contribution in [3.63, 3.8) is 0 Å². The largest absolute Gasteiger partial charge is 0.362 e. The van der Waals surface area contributed by atoms with E-state index in [1.807, 2.05) is 18.8 Å². The van der Waals surface area contributed by atoms with Crippen LogP contribution >= 0.6 is 11.8 Å². The molecule has 0 spiro atoms. The zero-order chi connectivity index (χ0) is 11.3. The van der Waals surface area contributed by atoms with Gasteiger partial charge in [0.1, 0.15) is 0 Å². The highest BCUT2D eigenvalue weighted by molar-refractivity contribution is 7.99. The Balaban J connectivity index is 2.63. The van der Waals surface area contributed by atoms with E-state index in [0.29, 0.717) is 5.25 Å². The monoisotopic (exact) mass is 224 g/mol. The summed E-state index contributed by atoms with van der Waals surface area (Å²) in [5.74, 6) is 0. The molecule has 0 bridgehead atoms. The standard InChI is InChI=1S/C12H20N2S/c1-10(2)15-12-7-5-11(6-8-12)14(4)9-13-3/h5-8,10,13H,9H2,1-4H3. The van der Waals surface area contributed by atoms with Crippen LogP contribution in [0, 0.1) is 0 Å². The van der Waals surface area contributed by atoms with E-state index in [2.05, 4.69) is 55.4 Å². The molecule has 1 aromatic rings. The number of hydrogen-bond donors (Lipinski definition) is 1. The van der Waals surface area contributed by atoms with Gasteiger partial charge in [-0.1, -0.05) is 13.8 Å². The number of thioether (sulfide) groups is 1. The van der Waals surface area contributed by atoms with Gasteiger partial charge in [-0.3, -0.25) is 0 Å². The first-order valence-electron chi connectivity index (χ1n) is 5.26. The summed E-state index contributed by atoms with van der Waals surface area (Å²) in [4.78, 5) is 3.52. The highest BCUT2D eigenvalue weighted by Crippen LogP contribution is 2.24. The van der Waals surface area contributed by atoms with Gasteiger partial charge < -0.3 is 10.2 Å². The van der Waals surface area contributed by atoms with Gasteiger partial charge in [-0.2, -0.15) is 0 Å². The van der Waals surface area contributed by atoms with Crippen LogP contribution in [0.15, 0.2) is 29.2 Å². The Morgan fingerprint density at radius 1 is 1.27 bits per heavy atom. The molecule has 0 saturated carbocycles. The average Bonchev–Trinajstić information content (AvgIpc) is 2.18. The molecule has 2 nitrogen and oxygen atoms in total. The maximum absolute atomic E-state index is 3.13. The van der Waals surface area contributed by atoms with E-state index in [9.17, 15) is 0 Å². The van der Waals surface area contributed by atoms with Crippen LogP contribution in [-0.2, 0) is 0 Å². The van der Waals surface area contributed by atoms with Crippen LogP contribution in [0.5, 0.6) is 0 Å². The molecule has 0 aromatic heterocycles. The second kappa shape index (κ2) is 6.03. The molecular formula is C12H20N2S. The number of rotatable bonds is 5. The molecule has 0 heterocycles. The Morgan fingerprint density at radius 2 is 1.87 bits per heavy atom. The summed E-state index contributed by atoms with van der Waals surface area (Å²) in [6.45, 7) is 5.30. The molecule has 84 valence electrons. The molecular weight excluding hydrogens is 204 g/mol. The van der Waals surface area contributed by atoms with Crippen molar-refractivity contribution in [2.45, 2.75) is 24.0 Å². The van der Waals surface area contributed by atoms with Crippen molar-refractivity contribution in [2.75, 3.05) is 25.7 Å². The smallest absolute Gasteiger partial charge is 0.0676 e. The Bertz CT molecular complexity index is 282. The minimum atomic E-state index is 0.644. The molecule has 0 aliphatic rings. The summed E-state index contributed by atoms with van der Waals surface area (Å²) in [5.41, 5.74) is 1.25. The fourth-order valence-electron chi connectivity index (χ4n) is 1.38. The highest BCUT2D eigenvalue weighted by Gasteiger charge is 2.01. The van der Waals surface area contributed by atoms with Crippen molar-refractivity contribution >= 4 is 17.4 Å². The average molecular weight is 224 g/mol. The number of nitrogens with one attached hydrogen (secondary N) is 1. The van der Waals surface area contributed by atoms with Crippen molar-refractivity contribution in [1.82, 2.24) is 5.32 Å². The Hall–Kier alpha value is -0.670. The Morgan fingerprint density at radius 3 is 2.33 bits per heavy atom. The van der Waals surface area contributed by atoms with E-state index in [4.69, 9.17) is 0 Å². The Labute approximate surface area is 97.1 Å². The summed E-state index contributed by atoms with van der Waals surface area (Å²) in [6, 6.07) is 8.71. The molecule has 1 N–H and O–H groups in total. The SMILES string of the molecule is CNCN(C)c1ccc(SC(C)C)cc1. The van der Waals surface area contributed by atoms with Crippen LogP contribution in [0.25, 0.3) is 0 Å². The van der Waals surface area contributed by atoms with Gasteiger partial charge in [-0.25, -0.2) is 0 Å². The molecule has 3 heteroatoms. The van der Waals surface area contributed by atoms with Gasteiger partial charge in [0.05, 0.1) is 6.67 Å². The lowest BCUT2D eigenvalue weighted by molar-refractivity contribution is 0.776. The van der Waals surface area contributed by atoms with Gasteiger partial charge in [0.15, 0.2) is 0 Å². The van der Waals surface area contributed by atoms with Crippen molar-refractivity contribution in [1.29, 1.82) is 0 Å². The van der Waals surface area contributed by atoms with Crippen LogP contribution in [0.2, 0.25) is 0 Å². The van der Waals surface area contributed by atoms with Crippen LogP contribution in [0.3, 0.4) is 0 Å². The summed E-state index contributed by atoms with van der Waals surface area (Å²) < 4.78 is 0.